The van der Waals surface area contributed by atoms with E-state index >= 15 is 0 Å². The molecule has 7 heteroatoms. The van der Waals surface area contributed by atoms with Crippen LogP contribution in [-0.4, -0.2) is 40.3 Å². The highest BCUT2D eigenvalue weighted by atomic mass is 33.1. The Morgan fingerprint density at radius 1 is 1.35 bits per heavy atom. The smallest absolute Gasteiger partial charge is 0.408 e. The summed E-state index contributed by atoms with van der Waals surface area (Å²) < 4.78 is 5.00. The molecule has 1 atom stereocenters. The second-order valence-electron chi connectivity index (χ2n) is 4.23. The fourth-order valence-electron chi connectivity index (χ4n) is 0.824. The van der Waals surface area contributed by atoms with Gasteiger partial charge in [0, 0.05) is 11.5 Å². The summed E-state index contributed by atoms with van der Waals surface area (Å²) in [6, 6.07) is -0.922. The van der Waals surface area contributed by atoms with Gasteiger partial charge in [-0.15, -0.1) is 0 Å². The third kappa shape index (κ3) is 9.17. The molecule has 0 saturated heterocycles. The highest BCUT2D eigenvalue weighted by Gasteiger charge is 2.23. The van der Waals surface area contributed by atoms with Gasteiger partial charge < -0.3 is 15.2 Å². The zero-order valence-electron chi connectivity index (χ0n) is 10.5. The van der Waals surface area contributed by atoms with Crippen molar-refractivity contribution in [2.75, 3.05) is 11.5 Å². The number of nitrogens with one attached hydrogen (secondary N) is 1. The van der Waals surface area contributed by atoms with Crippen LogP contribution in [0.1, 0.15) is 27.7 Å². The van der Waals surface area contributed by atoms with Crippen LogP contribution in [-0.2, 0) is 9.53 Å². The number of aliphatic carboxylic acids is 1. The molecule has 0 fully saturated rings. The molecule has 0 radical (unpaired) electrons. The first-order valence-corrected chi connectivity index (χ1v) is 7.71. The quantitative estimate of drug-likeness (QED) is 0.575. The molecule has 0 spiro atoms. The number of alkyl carbamates (subject to hydrolysis) is 1. The molecule has 0 heterocycles. The van der Waals surface area contributed by atoms with Crippen molar-refractivity contribution >= 4 is 33.7 Å². The van der Waals surface area contributed by atoms with Gasteiger partial charge >= 0.3 is 12.1 Å². The Hall–Kier alpha value is -0.560. The van der Waals surface area contributed by atoms with Crippen molar-refractivity contribution < 1.29 is 19.4 Å². The molecule has 0 aromatic heterocycles. The van der Waals surface area contributed by atoms with Gasteiger partial charge in [-0.1, -0.05) is 28.5 Å². The number of hydrogen-bond acceptors (Lipinski definition) is 5. The van der Waals surface area contributed by atoms with Gasteiger partial charge in [-0.25, -0.2) is 9.59 Å². The predicted molar refractivity (Wildman–Crippen MR) is 71.4 cm³/mol. The fourth-order valence-corrected chi connectivity index (χ4v) is 2.65. The number of carbonyl (C=O) groups excluding carboxylic acids is 1. The molecule has 0 aliphatic heterocycles. The van der Waals surface area contributed by atoms with Crippen molar-refractivity contribution in [1.29, 1.82) is 0 Å². The average Bonchev–Trinajstić information content (AvgIpc) is 2.13. The van der Waals surface area contributed by atoms with Crippen LogP contribution in [0.2, 0.25) is 0 Å². The second-order valence-corrected chi connectivity index (χ2v) is 7.02. The Kier molecular flexibility index (Phi) is 7.45. The zero-order chi connectivity index (χ0) is 13.5. The highest BCUT2D eigenvalue weighted by Crippen LogP contribution is 2.21. The maximum absolute atomic E-state index is 11.4. The Labute approximate surface area is 109 Å². The number of rotatable bonds is 6. The monoisotopic (exact) mass is 281 g/mol. The molecule has 0 aliphatic rings. The van der Waals surface area contributed by atoms with Crippen molar-refractivity contribution in [2.45, 2.75) is 39.3 Å². The zero-order valence-corrected chi connectivity index (χ0v) is 12.1. The predicted octanol–water partition coefficient (Wildman–Crippen LogP) is 2.37. The van der Waals surface area contributed by atoms with E-state index < -0.39 is 23.7 Å². The maximum Gasteiger partial charge on any atom is 0.408 e. The van der Waals surface area contributed by atoms with Crippen LogP contribution in [0.3, 0.4) is 0 Å². The first-order valence-electron chi connectivity index (χ1n) is 5.23. The number of carboxylic acid groups (broad SMARTS) is 1. The van der Waals surface area contributed by atoms with E-state index in [1.54, 1.807) is 31.6 Å². The van der Waals surface area contributed by atoms with Crippen molar-refractivity contribution in [1.82, 2.24) is 5.32 Å². The van der Waals surface area contributed by atoms with E-state index in [4.69, 9.17) is 9.84 Å². The summed E-state index contributed by atoms with van der Waals surface area (Å²) in [6.45, 7) is 7.16. The van der Waals surface area contributed by atoms with Crippen LogP contribution in [0.15, 0.2) is 0 Å². The van der Waals surface area contributed by atoms with E-state index in [0.29, 0.717) is 5.75 Å². The molecule has 2 N–H and O–H groups in total. The van der Waals surface area contributed by atoms with Crippen LogP contribution in [0.4, 0.5) is 4.79 Å². The first-order chi connectivity index (χ1) is 7.76. The minimum Gasteiger partial charge on any atom is -0.480 e. The molecule has 17 heavy (non-hydrogen) atoms. The highest BCUT2D eigenvalue weighted by molar-refractivity contribution is 8.76. The Bertz CT molecular complexity index is 266. The lowest BCUT2D eigenvalue weighted by atomic mass is 10.2. The van der Waals surface area contributed by atoms with Crippen LogP contribution in [0.5, 0.6) is 0 Å². The Morgan fingerprint density at radius 2 is 1.94 bits per heavy atom. The number of carbonyl (C=O) groups is 2. The van der Waals surface area contributed by atoms with Crippen molar-refractivity contribution in [2.24, 2.45) is 0 Å². The molecule has 100 valence electrons. The summed E-state index contributed by atoms with van der Waals surface area (Å²) in [5.41, 5.74) is -0.627. The molecule has 0 rings (SSSR count). The molecule has 0 aromatic rings. The molecule has 0 aliphatic carbocycles. The van der Waals surface area contributed by atoms with Gasteiger partial charge in [-0.3, -0.25) is 0 Å². The topological polar surface area (TPSA) is 75.6 Å². The minimum atomic E-state index is -1.06. The van der Waals surface area contributed by atoms with Crippen molar-refractivity contribution in [3.05, 3.63) is 0 Å². The second kappa shape index (κ2) is 7.71. The Morgan fingerprint density at radius 3 is 2.35 bits per heavy atom. The fraction of sp³-hybridized carbons (Fsp3) is 0.800. The summed E-state index contributed by atoms with van der Waals surface area (Å²) in [5, 5.41) is 11.3. The maximum atomic E-state index is 11.4. The van der Waals surface area contributed by atoms with Gasteiger partial charge in [-0.2, -0.15) is 0 Å². The molecule has 1 unspecified atom stereocenters. The minimum absolute atomic E-state index is 0.313. The largest absolute Gasteiger partial charge is 0.480 e. The summed E-state index contributed by atoms with van der Waals surface area (Å²) in [4.78, 5) is 22.3. The summed E-state index contributed by atoms with van der Waals surface area (Å²) in [7, 11) is 2.97. The number of hydrogen-bond donors (Lipinski definition) is 2. The lowest BCUT2D eigenvalue weighted by molar-refractivity contribution is -0.138. The lowest BCUT2D eigenvalue weighted by Crippen LogP contribution is -2.44. The van der Waals surface area contributed by atoms with E-state index in [1.807, 2.05) is 6.92 Å². The standard InChI is InChI=1S/C10H19NO4S2/c1-5-16-17-6-7(8(12)13)11-9(14)15-10(2,3)4/h7H,5-6H2,1-4H3,(H,11,14)(H,12,13). The van der Waals surface area contributed by atoms with Crippen LogP contribution in [0.25, 0.3) is 0 Å². The summed E-state index contributed by atoms with van der Waals surface area (Å²) in [6.07, 6.45) is -0.702. The van der Waals surface area contributed by atoms with E-state index in [-0.39, 0.29) is 0 Å². The molecular weight excluding hydrogens is 262 g/mol. The van der Waals surface area contributed by atoms with E-state index in [1.165, 1.54) is 10.8 Å². The number of ether oxygens (including phenoxy) is 1. The van der Waals surface area contributed by atoms with Crippen LogP contribution >= 0.6 is 21.6 Å². The van der Waals surface area contributed by atoms with Crippen LogP contribution in [0, 0.1) is 0 Å². The van der Waals surface area contributed by atoms with Gasteiger partial charge in [0.05, 0.1) is 0 Å². The summed E-state index contributed by atoms with van der Waals surface area (Å²) >= 11 is 0. The van der Waals surface area contributed by atoms with Gasteiger partial charge in [0.15, 0.2) is 0 Å². The molecule has 0 bridgehead atoms. The third-order valence-corrected chi connectivity index (χ3v) is 3.91. The van der Waals surface area contributed by atoms with Gasteiger partial charge in [0.25, 0.3) is 0 Å². The molecule has 0 aromatic carbocycles. The number of carboxylic acids is 1. The van der Waals surface area contributed by atoms with E-state index in [0.717, 1.165) is 5.75 Å². The van der Waals surface area contributed by atoms with Crippen molar-refractivity contribution in [3.8, 4) is 0 Å². The van der Waals surface area contributed by atoms with E-state index in [2.05, 4.69) is 5.32 Å². The molecule has 1 amide bonds. The average molecular weight is 281 g/mol. The lowest BCUT2D eigenvalue weighted by Gasteiger charge is -2.21. The van der Waals surface area contributed by atoms with E-state index in [9.17, 15) is 9.59 Å². The Balaban J connectivity index is 4.16. The van der Waals surface area contributed by atoms with Crippen molar-refractivity contribution in [3.63, 3.8) is 0 Å². The SMILES string of the molecule is CCSSCC(NC(=O)OC(C)(C)C)C(=O)O. The third-order valence-electron chi connectivity index (χ3n) is 1.42. The van der Waals surface area contributed by atoms with Gasteiger partial charge in [-0.05, 0) is 20.8 Å². The van der Waals surface area contributed by atoms with Crippen LogP contribution < -0.4 is 5.32 Å². The molecule has 5 nitrogen and oxygen atoms in total. The molecule has 0 saturated carbocycles. The molecular formula is C10H19NO4S2. The van der Waals surface area contributed by atoms with Gasteiger partial charge in [0.2, 0.25) is 0 Å². The number of amides is 1. The normalized spacial score (nSPS) is 12.9. The van der Waals surface area contributed by atoms with Gasteiger partial charge in [0.1, 0.15) is 11.6 Å². The summed E-state index contributed by atoms with van der Waals surface area (Å²) in [5.74, 6) is 0.149. The first kappa shape index (κ1) is 16.4.